The first kappa shape index (κ1) is 16.5. The van der Waals surface area contributed by atoms with Crippen molar-refractivity contribution in [1.82, 2.24) is 19.6 Å². The van der Waals surface area contributed by atoms with Crippen LogP contribution in [0.4, 0.5) is 19.0 Å². The van der Waals surface area contributed by atoms with Crippen LogP contribution in [0.1, 0.15) is 56.7 Å². The zero-order chi connectivity index (χ0) is 16.2. The van der Waals surface area contributed by atoms with E-state index in [0.717, 1.165) is 42.9 Å². The van der Waals surface area contributed by atoms with Gasteiger partial charge in [0, 0.05) is 5.56 Å². The first-order valence-electron chi connectivity index (χ1n) is 7.50. The van der Waals surface area contributed by atoms with Gasteiger partial charge in [-0.2, -0.15) is 27.8 Å². The van der Waals surface area contributed by atoms with Gasteiger partial charge in [-0.05, 0) is 12.8 Å². The molecule has 2 rings (SSSR count). The highest BCUT2D eigenvalue weighted by Crippen LogP contribution is 2.33. The van der Waals surface area contributed by atoms with Crippen LogP contribution in [0, 0.1) is 0 Å². The van der Waals surface area contributed by atoms with Gasteiger partial charge >= 0.3 is 6.18 Å². The monoisotopic (exact) mass is 315 g/mol. The van der Waals surface area contributed by atoms with Crippen LogP contribution in [0.25, 0.3) is 5.78 Å². The van der Waals surface area contributed by atoms with Gasteiger partial charge in [-0.3, -0.25) is 0 Å². The van der Waals surface area contributed by atoms with Gasteiger partial charge in [0.15, 0.2) is 5.69 Å². The van der Waals surface area contributed by atoms with E-state index < -0.39 is 11.9 Å². The molecule has 8 heteroatoms. The maximum atomic E-state index is 13.2. The molecule has 22 heavy (non-hydrogen) atoms. The molecule has 0 spiro atoms. The number of nitrogen functional groups attached to an aromatic ring is 1. The van der Waals surface area contributed by atoms with Gasteiger partial charge in [-0.25, -0.2) is 4.98 Å². The number of nitrogens with zero attached hydrogens (tertiary/aromatic N) is 4. The molecule has 2 aromatic rings. The topological polar surface area (TPSA) is 69.1 Å². The molecule has 0 aliphatic carbocycles. The highest BCUT2D eigenvalue weighted by Gasteiger charge is 2.37. The average molecular weight is 315 g/mol. The van der Waals surface area contributed by atoms with Crippen LogP contribution in [0.5, 0.6) is 0 Å². The minimum Gasteiger partial charge on any atom is -0.383 e. The Bertz CT molecular complexity index is 621. The van der Waals surface area contributed by atoms with Gasteiger partial charge in [0.25, 0.3) is 5.78 Å². The summed E-state index contributed by atoms with van der Waals surface area (Å²) in [5.74, 6) is -0.153. The van der Waals surface area contributed by atoms with Crippen LogP contribution in [0.15, 0.2) is 6.33 Å². The summed E-state index contributed by atoms with van der Waals surface area (Å²) in [6.07, 6.45) is 2.81. The van der Waals surface area contributed by atoms with Gasteiger partial charge in [0.2, 0.25) is 0 Å². The molecular weight excluding hydrogens is 295 g/mol. The van der Waals surface area contributed by atoms with Crippen molar-refractivity contribution in [2.24, 2.45) is 0 Å². The molecular formula is C14H20F3N5. The van der Waals surface area contributed by atoms with Crippen molar-refractivity contribution in [2.75, 3.05) is 5.73 Å². The molecule has 0 atom stereocenters. The quantitative estimate of drug-likeness (QED) is 0.792. The number of rotatable bonds is 7. The fourth-order valence-corrected chi connectivity index (χ4v) is 2.46. The molecule has 0 aliphatic rings. The number of halogens is 3. The van der Waals surface area contributed by atoms with Crippen LogP contribution in [0.2, 0.25) is 0 Å². The number of aromatic nitrogens is 4. The van der Waals surface area contributed by atoms with Crippen LogP contribution >= 0.6 is 0 Å². The molecule has 0 fully saturated rings. The second-order valence-electron chi connectivity index (χ2n) is 5.31. The summed E-state index contributed by atoms with van der Waals surface area (Å²) in [7, 11) is 0. The number of unbranched alkanes of at least 4 members (excludes halogenated alkanes) is 5. The molecule has 0 saturated carbocycles. The lowest BCUT2D eigenvalue weighted by molar-refractivity contribution is -0.141. The van der Waals surface area contributed by atoms with Crippen molar-refractivity contribution < 1.29 is 13.2 Å². The van der Waals surface area contributed by atoms with Crippen LogP contribution in [0.3, 0.4) is 0 Å². The Labute approximate surface area is 126 Å². The first-order valence-corrected chi connectivity index (χ1v) is 7.50. The predicted molar refractivity (Wildman–Crippen MR) is 77.3 cm³/mol. The van der Waals surface area contributed by atoms with E-state index in [0.29, 0.717) is 6.42 Å². The van der Waals surface area contributed by atoms with Crippen molar-refractivity contribution in [3.05, 3.63) is 17.6 Å². The van der Waals surface area contributed by atoms with E-state index >= 15 is 0 Å². The van der Waals surface area contributed by atoms with E-state index in [2.05, 4.69) is 22.0 Å². The van der Waals surface area contributed by atoms with Crippen molar-refractivity contribution in [1.29, 1.82) is 0 Å². The standard InChI is InChI=1S/C14H20F3N5/c1-2-3-4-5-6-7-8-10-11(14(15,16)17)21-13-19-9-20-22(13)12(10)18/h9H,2-8,18H2,1H3. The highest BCUT2D eigenvalue weighted by atomic mass is 19.4. The van der Waals surface area contributed by atoms with Crippen LogP contribution in [-0.4, -0.2) is 19.6 Å². The van der Waals surface area contributed by atoms with Crippen molar-refractivity contribution in [2.45, 2.75) is 58.0 Å². The van der Waals surface area contributed by atoms with E-state index in [9.17, 15) is 13.2 Å². The third-order valence-corrected chi connectivity index (χ3v) is 3.61. The smallest absolute Gasteiger partial charge is 0.383 e. The van der Waals surface area contributed by atoms with Crippen LogP contribution < -0.4 is 5.73 Å². The fraction of sp³-hybridized carbons (Fsp3) is 0.643. The Balaban J connectivity index is 2.17. The normalized spacial score (nSPS) is 12.2. The maximum absolute atomic E-state index is 13.2. The lowest BCUT2D eigenvalue weighted by Gasteiger charge is -2.14. The molecule has 0 amide bonds. The molecule has 5 nitrogen and oxygen atoms in total. The van der Waals surface area contributed by atoms with E-state index in [1.54, 1.807) is 0 Å². The minimum absolute atomic E-state index is 0.0148. The lowest BCUT2D eigenvalue weighted by atomic mass is 10.0. The third kappa shape index (κ3) is 3.66. The van der Waals surface area contributed by atoms with Crippen LogP contribution in [-0.2, 0) is 12.6 Å². The number of fused-ring (bicyclic) bond motifs is 1. The first-order chi connectivity index (χ1) is 10.4. The molecule has 0 unspecified atom stereocenters. The maximum Gasteiger partial charge on any atom is 0.433 e. The summed E-state index contributed by atoms with van der Waals surface area (Å²) in [6.45, 7) is 2.12. The van der Waals surface area contributed by atoms with Gasteiger partial charge in [-0.1, -0.05) is 39.0 Å². The molecule has 2 heterocycles. The second-order valence-corrected chi connectivity index (χ2v) is 5.31. The molecule has 0 saturated heterocycles. The second kappa shape index (κ2) is 6.93. The summed E-state index contributed by atoms with van der Waals surface area (Å²) in [4.78, 5) is 7.27. The summed E-state index contributed by atoms with van der Waals surface area (Å²) in [5, 5.41) is 3.82. The molecule has 122 valence electrons. The summed E-state index contributed by atoms with van der Waals surface area (Å²) >= 11 is 0. The molecule has 2 aromatic heterocycles. The number of nitrogens with two attached hydrogens (primary N) is 1. The van der Waals surface area contributed by atoms with E-state index in [4.69, 9.17) is 5.73 Å². The minimum atomic E-state index is -4.54. The summed E-state index contributed by atoms with van der Waals surface area (Å²) in [6, 6.07) is 0. The lowest BCUT2D eigenvalue weighted by Crippen LogP contribution is -2.17. The summed E-state index contributed by atoms with van der Waals surface area (Å²) in [5.41, 5.74) is 4.91. The van der Waals surface area contributed by atoms with Crippen molar-refractivity contribution in [3.8, 4) is 0 Å². The van der Waals surface area contributed by atoms with Gasteiger partial charge < -0.3 is 5.73 Å². The largest absolute Gasteiger partial charge is 0.433 e. The Kier molecular flexibility index (Phi) is 5.20. The zero-order valence-electron chi connectivity index (χ0n) is 12.5. The molecule has 0 bridgehead atoms. The number of alkyl halides is 3. The third-order valence-electron chi connectivity index (χ3n) is 3.61. The Hall–Kier alpha value is -1.86. The number of anilines is 1. The Morgan fingerprint density at radius 3 is 2.50 bits per heavy atom. The van der Waals surface area contributed by atoms with Crippen molar-refractivity contribution in [3.63, 3.8) is 0 Å². The van der Waals surface area contributed by atoms with E-state index in [1.165, 1.54) is 0 Å². The molecule has 0 radical (unpaired) electrons. The van der Waals surface area contributed by atoms with E-state index in [1.807, 2.05) is 0 Å². The van der Waals surface area contributed by atoms with Gasteiger partial charge in [-0.15, -0.1) is 0 Å². The van der Waals surface area contributed by atoms with Gasteiger partial charge in [0.1, 0.15) is 12.1 Å². The Morgan fingerprint density at radius 1 is 1.14 bits per heavy atom. The Morgan fingerprint density at radius 2 is 1.82 bits per heavy atom. The molecule has 0 aromatic carbocycles. The highest BCUT2D eigenvalue weighted by molar-refractivity contribution is 5.50. The fourth-order valence-electron chi connectivity index (χ4n) is 2.46. The van der Waals surface area contributed by atoms with E-state index in [-0.39, 0.29) is 23.6 Å². The number of hydrogen-bond acceptors (Lipinski definition) is 4. The summed E-state index contributed by atoms with van der Waals surface area (Å²) < 4.78 is 40.6. The number of hydrogen-bond donors (Lipinski definition) is 1. The zero-order valence-corrected chi connectivity index (χ0v) is 12.5. The SMILES string of the molecule is CCCCCCCCc1c(C(F)(F)F)nc2ncnn2c1N. The predicted octanol–water partition coefficient (Wildman–Crippen LogP) is 3.63. The van der Waals surface area contributed by atoms with Gasteiger partial charge in [0.05, 0.1) is 0 Å². The average Bonchev–Trinajstić information content (AvgIpc) is 2.92. The molecule has 0 aliphatic heterocycles. The van der Waals surface area contributed by atoms with Crippen molar-refractivity contribution >= 4 is 11.6 Å². The molecule has 2 N–H and O–H groups in total.